The van der Waals surface area contributed by atoms with Crippen LogP contribution < -0.4 is 9.62 Å². The van der Waals surface area contributed by atoms with Gasteiger partial charge in [-0.15, -0.1) is 11.3 Å². The van der Waals surface area contributed by atoms with Crippen LogP contribution in [-0.4, -0.2) is 33.5 Å². The largest absolute Gasteiger partial charge is 0.342 e. The number of nitrogens with zero attached hydrogens (tertiary/aromatic N) is 4. The summed E-state index contributed by atoms with van der Waals surface area (Å²) in [4.78, 5) is 20.2. The van der Waals surface area contributed by atoms with Gasteiger partial charge in [-0.05, 0) is 32.4 Å². The minimum Gasteiger partial charge on any atom is -0.342 e. The van der Waals surface area contributed by atoms with Crippen molar-refractivity contribution in [1.82, 2.24) is 19.5 Å². The van der Waals surface area contributed by atoms with Crippen LogP contribution in [0.5, 0.6) is 0 Å². The van der Waals surface area contributed by atoms with Crippen molar-refractivity contribution in [3.05, 3.63) is 63.9 Å². The van der Waals surface area contributed by atoms with Crippen LogP contribution in [0, 0.1) is 20.8 Å². The second-order valence-electron chi connectivity index (χ2n) is 6.96. The van der Waals surface area contributed by atoms with Crippen LogP contribution in [0.3, 0.4) is 0 Å². The van der Waals surface area contributed by atoms with E-state index in [1.54, 1.807) is 11.3 Å². The minimum atomic E-state index is -0.0188. The van der Waals surface area contributed by atoms with Crippen molar-refractivity contribution in [2.45, 2.75) is 40.3 Å². The Balaban J connectivity index is 1.80. The summed E-state index contributed by atoms with van der Waals surface area (Å²) in [6.07, 6.45) is 2.15. The quantitative estimate of drug-likeness (QED) is 0.523. The maximum absolute atomic E-state index is 12.0. The molecule has 1 aromatic carbocycles. The summed E-state index contributed by atoms with van der Waals surface area (Å²) in [5.41, 5.74) is 4.27. The molecule has 2 heterocycles. The monoisotopic (exact) mass is 429 g/mol. The number of aryl methyl sites for hydroxylation is 3. The molecule has 0 atom stereocenters. The lowest BCUT2D eigenvalue weighted by Crippen LogP contribution is -2.27. The molecule has 8 heteroatoms. The van der Waals surface area contributed by atoms with Crippen molar-refractivity contribution in [2.75, 3.05) is 17.7 Å². The lowest BCUT2D eigenvalue weighted by molar-refractivity contribution is -0.118. The van der Waals surface area contributed by atoms with Gasteiger partial charge < -0.3 is 9.62 Å². The number of nitrogens with one attached hydrogen (secondary N) is 1. The molecule has 0 radical (unpaired) electrons. The van der Waals surface area contributed by atoms with E-state index < -0.39 is 0 Å². The normalized spacial score (nSPS) is 10.9. The Morgan fingerprint density at radius 2 is 2.00 bits per heavy atom. The Bertz CT molecular complexity index is 951. The van der Waals surface area contributed by atoms with E-state index in [2.05, 4.69) is 52.0 Å². The number of hydrogen-bond acceptors (Lipinski definition) is 6. The molecular formula is C21H27N5OS2. The maximum atomic E-state index is 12.0. The Hall–Kier alpha value is -2.32. The maximum Gasteiger partial charge on any atom is 0.235 e. The van der Waals surface area contributed by atoms with Crippen LogP contribution in [0.15, 0.2) is 36.4 Å². The van der Waals surface area contributed by atoms with Gasteiger partial charge >= 0.3 is 0 Å². The summed E-state index contributed by atoms with van der Waals surface area (Å²) >= 11 is 2.96. The molecule has 29 heavy (non-hydrogen) atoms. The number of hydrogen-bond donors (Lipinski definition) is 1. The van der Waals surface area contributed by atoms with Crippen LogP contribution in [0.1, 0.15) is 27.5 Å². The first kappa shape index (κ1) is 21.4. The number of carbonyl (C=O) groups is 1. The molecule has 1 N–H and O–H groups in total. The van der Waals surface area contributed by atoms with Crippen molar-refractivity contribution in [3.63, 3.8) is 0 Å². The van der Waals surface area contributed by atoms with Gasteiger partial charge in [0.2, 0.25) is 5.91 Å². The SMILES string of the molecule is CSNC(=O)Cc1nc(N(CCn2nc(C)cc2C)Cc2ccccc2)sc1C. The molecule has 6 nitrogen and oxygen atoms in total. The van der Waals surface area contributed by atoms with Crippen molar-refractivity contribution in [1.29, 1.82) is 0 Å². The van der Waals surface area contributed by atoms with E-state index in [4.69, 9.17) is 4.98 Å². The van der Waals surface area contributed by atoms with Gasteiger partial charge in [-0.1, -0.05) is 42.3 Å². The molecule has 0 aliphatic heterocycles. The van der Waals surface area contributed by atoms with Crippen molar-refractivity contribution < 1.29 is 4.79 Å². The fourth-order valence-corrected chi connectivity index (χ4v) is 4.43. The zero-order chi connectivity index (χ0) is 20.8. The first-order valence-corrected chi connectivity index (χ1v) is 11.6. The average molecular weight is 430 g/mol. The molecule has 0 aliphatic carbocycles. The first-order chi connectivity index (χ1) is 14.0. The van der Waals surface area contributed by atoms with Crippen LogP contribution in [-0.2, 0) is 24.3 Å². The molecule has 0 bridgehead atoms. The predicted octanol–water partition coefficient (Wildman–Crippen LogP) is 3.91. The van der Waals surface area contributed by atoms with Gasteiger partial charge in [-0.2, -0.15) is 5.10 Å². The standard InChI is InChI=1S/C21H27N5OS2/c1-15-12-16(2)26(23-15)11-10-25(14-18-8-6-5-7-9-18)21-22-19(17(3)29-21)13-20(27)24-28-4/h5-9,12H,10-11,13-14H2,1-4H3,(H,24,27). The third-order valence-corrected chi connectivity index (χ3v) is 6.10. The van der Waals surface area contributed by atoms with Gasteiger partial charge in [0.25, 0.3) is 0 Å². The van der Waals surface area contributed by atoms with E-state index in [9.17, 15) is 4.79 Å². The number of aromatic nitrogens is 3. The number of rotatable bonds is 9. The molecule has 1 amide bonds. The second kappa shape index (κ2) is 9.93. The van der Waals surface area contributed by atoms with E-state index in [-0.39, 0.29) is 5.91 Å². The van der Waals surface area contributed by atoms with E-state index in [1.807, 2.05) is 30.9 Å². The van der Waals surface area contributed by atoms with Crippen LogP contribution in [0.2, 0.25) is 0 Å². The minimum absolute atomic E-state index is 0.0188. The highest BCUT2D eigenvalue weighted by Crippen LogP contribution is 2.27. The molecular weight excluding hydrogens is 402 g/mol. The molecule has 0 saturated heterocycles. The molecule has 154 valence electrons. The summed E-state index contributed by atoms with van der Waals surface area (Å²) in [6.45, 7) is 8.47. The molecule has 0 saturated carbocycles. The van der Waals surface area contributed by atoms with E-state index in [1.165, 1.54) is 17.5 Å². The fraction of sp³-hybridized carbons (Fsp3) is 0.381. The fourth-order valence-electron chi connectivity index (χ4n) is 3.18. The van der Waals surface area contributed by atoms with E-state index >= 15 is 0 Å². The highest BCUT2D eigenvalue weighted by atomic mass is 32.2. The highest BCUT2D eigenvalue weighted by Gasteiger charge is 2.17. The number of benzene rings is 1. The van der Waals surface area contributed by atoms with Crippen molar-refractivity contribution in [3.8, 4) is 0 Å². The topological polar surface area (TPSA) is 63.1 Å². The summed E-state index contributed by atoms with van der Waals surface area (Å²) in [5, 5.41) is 5.53. The molecule has 2 aromatic heterocycles. The van der Waals surface area contributed by atoms with Gasteiger partial charge in [-0.3, -0.25) is 9.48 Å². The zero-order valence-corrected chi connectivity index (χ0v) is 18.9. The summed E-state index contributed by atoms with van der Waals surface area (Å²) in [6, 6.07) is 12.5. The van der Waals surface area contributed by atoms with Crippen LogP contribution in [0.4, 0.5) is 5.13 Å². The van der Waals surface area contributed by atoms with Gasteiger partial charge in [0.05, 0.1) is 24.4 Å². The molecule has 0 aliphatic rings. The Morgan fingerprint density at radius 3 is 2.66 bits per heavy atom. The van der Waals surface area contributed by atoms with E-state index in [0.717, 1.165) is 46.7 Å². The Morgan fingerprint density at radius 1 is 1.24 bits per heavy atom. The average Bonchev–Trinajstić information content (AvgIpc) is 3.21. The molecule has 0 unspecified atom stereocenters. The number of amides is 1. The number of carbonyl (C=O) groups excluding carboxylic acids is 1. The molecule has 3 aromatic rings. The summed E-state index contributed by atoms with van der Waals surface area (Å²) in [5.74, 6) is -0.0188. The van der Waals surface area contributed by atoms with E-state index in [0.29, 0.717) is 6.42 Å². The van der Waals surface area contributed by atoms with Crippen molar-refractivity contribution >= 4 is 34.3 Å². The predicted molar refractivity (Wildman–Crippen MR) is 121 cm³/mol. The third kappa shape index (κ3) is 5.83. The Labute approximate surface area is 180 Å². The van der Waals surface area contributed by atoms with Gasteiger partial charge in [-0.25, -0.2) is 4.98 Å². The van der Waals surface area contributed by atoms with Crippen molar-refractivity contribution in [2.24, 2.45) is 0 Å². The molecule has 0 spiro atoms. The molecule has 3 rings (SSSR count). The van der Waals surface area contributed by atoms with Gasteiger partial charge in [0, 0.05) is 29.9 Å². The third-order valence-electron chi connectivity index (χ3n) is 4.60. The summed E-state index contributed by atoms with van der Waals surface area (Å²) in [7, 11) is 0. The first-order valence-electron chi connectivity index (χ1n) is 9.54. The second-order valence-corrected chi connectivity index (χ2v) is 8.76. The smallest absolute Gasteiger partial charge is 0.235 e. The highest BCUT2D eigenvalue weighted by molar-refractivity contribution is 7.97. The van der Waals surface area contributed by atoms with Crippen LogP contribution in [0.25, 0.3) is 0 Å². The lowest BCUT2D eigenvalue weighted by Gasteiger charge is -2.22. The van der Waals surface area contributed by atoms with Gasteiger partial charge in [0.15, 0.2) is 5.13 Å². The van der Waals surface area contributed by atoms with Crippen LogP contribution >= 0.6 is 23.3 Å². The number of thiazole rings is 1. The Kier molecular flexibility index (Phi) is 7.33. The summed E-state index contributed by atoms with van der Waals surface area (Å²) < 4.78 is 4.81. The van der Waals surface area contributed by atoms with Gasteiger partial charge in [0.1, 0.15) is 0 Å². The lowest BCUT2D eigenvalue weighted by atomic mass is 10.2. The zero-order valence-electron chi connectivity index (χ0n) is 17.3. The molecule has 0 fully saturated rings. The number of anilines is 1.